The molecule has 1 atom stereocenters. The molecule has 0 fully saturated rings. The molecule has 1 heterocycles. The van der Waals surface area contributed by atoms with Crippen molar-refractivity contribution in [2.24, 2.45) is 0 Å². The molecule has 0 N–H and O–H groups in total. The Labute approximate surface area is 174 Å². The molecule has 0 radical (unpaired) electrons. The molecule has 5 rings (SSSR count). The van der Waals surface area contributed by atoms with Gasteiger partial charge in [0, 0.05) is 42.2 Å². The molecule has 5 aromatic rings. The molecule has 1 unspecified atom stereocenters. The Kier molecular flexibility index (Phi) is 4.68. The lowest BCUT2D eigenvalue weighted by molar-refractivity contribution is 0.592. The minimum atomic E-state index is -3.01. The first-order chi connectivity index (χ1) is 14.2. The van der Waals surface area contributed by atoms with Crippen molar-refractivity contribution >= 4 is 68.3 Å². The molecule has 0 amide bonds. The van der Waals surface area contributed by atoms with Crippen molar-refractivity contribution < 1.29 is 9.13 Å². The Morgan fingerprint density at radius 2 is 1.17 bits per heavy atom. The highest BCUT2D eigenvalue weighted by molar-refractivity contribution is 7.85. The summed E-state index contributed by atoms with van der Waals surface area (Å²) in [6.45, 7) is 0. The Bertz CT molecular complexity index is 1350. The van der Waals surface area contributed by atoms with Gasteiger partial charge in [0.1, 0.15) is 0 Å². The number of rotatable bonds is 4. The molecule has 0 aliphatic heterocycles. The molecular weight excluding hydrogens is 414 g/mol. The van der Waals surface area contributed by atoms with Crippen molar-refractivity contribution in [3.05, 3.63) is 97.1 Å². The van der Waals surface area contributed by atoms with Crippen LogP contribution in [0.2, 0.25) is 0 Å². The van der Waals surface area contributed by atoms with Crippen LogP contribution in [0.4, 0.5) is 0 Å². The molecule has 29 heavy (non-hydrogen) atoms. The molecule has 0 saturated heterocycles. The van der Waals surface area contributed by atoms with E-state index in [-0.39, 0.29) is 0 Å². The standard InChI is InChI=1S/C24H16O2P2S/c25-27-17-11-13-23-21(15-17)22-16-20(12-14-24(22)29-23)28(26,18-7-3-1-4-8-18)19-9-5-2-6-10-19/h1-16H/p+1. The van der Waals surface area contributed by atoms with Crippen LogP contribution in [0.3, 0.4) is 0 Å². The van der Waals surface area contributed by atoms with Gasteiger partial charge in [-0.05, 0) is 30.3 Å². The Morgan fingerprint density at radius 3 is 1.76 bits per heavy atom. The van der Waals surface area contributed by atoms with Crippen LogP contribution in [0.25, 0.3) is 20.2 Å². The van der Waals surface area contributed by atoms with Crippen LogP contribution >= 0.6 is 26.9 Å². The summed E-state index contributed by atoms with van der Waals surface area (Å²) >= 11 is 1.70. The van der Waals surface area contributed by atoms with Crippen LogP contribution in [0, 0.1) is 0 Å². The molecule has 0 aliphatic rings. The number of hydrogen-bond acceptors (Lipinski definition) is 3. The van der Waals surface area contributed by atoms with E-state index in [2.05, 4.69) is 12.1 Å². The van der Waals surface area contributed by atoms with Crippen molar-refractivity contribution in [2.75, 3.05) is 0 Å². The predicted octanol–water partition coefficient (Wildman–Crippen LogP) is 5.34. The van der Waals surface area contributed by atoms with Gasteiger partial charge in [-0.1, -0.05) is 65.2 Å². The largest absolute Gasteiger partial charge is 0.363 e. The average molecular weight is 431 g/mol. The van der Waals surface area contributed by atoms with Gasteiger partial charge in [-0.3, -0.25) is 0 Å². The fraction of sp³-hybridized carbons (Fsp3) is 0. The third-order valence-corrected chi connectivity index (χ3v) is 9.93. The van der Waals surface area contributed by atoms with E-state index in [1.165, 1.54) is 0 Å². The third kappa shape index (κ3) is 3.07. The zero-order valence-electron chi connectivity index (χ0n) is 15.4. The lowest BCUT2D eigenvalue weighted by Gasteiger charge is -2.20. The number of fused-ring (bicyclic) bond motifs is 3. The van der Waals surface area contributed by atoms with E-state index in [9.17, 15) is 9.13 Å². The third-order valence-electron chi connectivity index (χ3n) is 5.17. The second-order valence-corrected chi connectivity index (χ2v) is 11.5. The lowest BCUT2D eigenvalue weighted by Crippen LogP contribution is -2.24. The highest BCUT2D eigenvalue weighted by atomic mass is 32.1. The molecule has 0 spiro atoms. The van der Waals surface area contributed by atoms with E-state index in [4.69, 9.17) is 0 Å². The van der Waals surface area contributed by atoms with Gasteiger partial charge in [0.2, 0.25) is 0 Å². The molecule has 5 heteroatoms. The van der Waals surface area contributed by atoms with Gasteiger partial charge in [0.05, 0.1) is 0 Å². The van der Waals surface area contributed by atoms with Crippen molar-refractivity contribution in [2.45, 2.75) is 0 Å². The summed E-state index contributed by atoms with van der Waals surface area (Å²) in [7, 11) is -3.49. The summed E-state index contributed by atoms with van der Waals surface area (Å²) in [4.78, 5) is 0. The summed E-state index contributed by atoms with van der Waals surface area (Å²) in [6.07, 6.45) is 0. The fourth-order valence-electron chi connectivity index (χ4n) is 3.75. The van der Waals surface area contributed by atoms with E-state index in [0.717, 1.165) is 41.4 Å². The quantitative estimate of drug-likeness (QED) is 0.360. The van der Waals surface area contributed by atoms with E-state index in [1.807, 2.05) is 84.9 Å². The molecule has 2 nitrogen and oxygen atoms in total. The maximum atomic E-state index is 14.6. The van der Waals surface area contributed by atoms with E-state index in [1.54, 1.807) is 11.3 Å². The Morgan fingerprint density at radius 1 is 0.621 bits per heavy atom. The molecule has 1 aromatic heterocycles. The van der Waals surface area contributed by atoms with Gasteiger partial charge in [0.25, 0.3) is 0 Å². The summed E-state index contributed by atoms with van der Waals surface area (Å²) in [5, 5.41) is 5.41. The van der Waals surface area contributed by atoms with Gasteiger partial charge in [0.15, 0.2) is 12.4 Å². The maximum absolute atomic E-state index is 14.6. The van der Waals surface area contributed by atoms with Crippen LogP contribution in [-0.4, -0.2) is 0 Å². The molecule has 0 saturated carbocycles. The van der Waals surface area contributed by atoms with Gasteiger partial charge >= 0.3 is 8.46 Å². The summed E-state index contributed by atoms with van der Waals surface area (Å²) in [5.74, 6) is 0. The minimum absolute atomic E-state index is 0.482. The molecule has 140 valence electrons. The lowest BCUT2D eigenvalue weighted by atomic mass is 10.1. The topological polar surface area (TPSA) is 34.1 Å². The van der Waals surface area contributed by atoms with Gasteiger partial charge in [-0.15, -0.1) is 11.3 Å². The van der Waals surface area contributed by atoms with E-state index in [0.29, 0.717) is 0 Å². The first-order valence-electron chi connectivity index (χ1n) is 9.26. The van der Waals surface area contributed by atoms with Crippen LogP contribution in [-0.2, 0) is 9.13 Å². The average Bonchev–Trinajstić information content (AvgIpc) is 3.16. The smallest absolute Gasteiger partial charge is 0.309 e. The molecule has 0 aliphatic carbocycles. The van der Waals surface area contributed by atoms with Crippen molar-refractivity contribution in [3.8, 4) is 0 Å². The SMILES string of the molecule is O=[PH+]c1ccc2sc3ccc(P(=O)(c4ccccc4)c4ccccc4)cc3c2c1. The second kappa shape index (κ2) is 7.35. The zero-order chi connectivity index (χ0) is 19.8. The van der Waals surface area contributed by atoms with Crippen LogP contribution in [0.1, 0.15) is 0 Å². The second-order valence-electron chi connectivity index (χ2n) is 6.88. The van der Waals surface area contributed by atoms with Crippen molar-refractivity contribution in [1.29, 1.82) is 0 Å². The van der Waals surface area contributed by atoms with Crippen molar-refractivity contribution in [3.63, 3.8) is 0 Å². The molecule has 4 aromatic carbocycles. The van der Waals surface area contributed by atoms with E-state index < -0.39 is 15.6 Å². The predicted molar refractivity (Wildman–Crippen MR) is 127 cm³/mol. The normalized spacial score (nSPS) is 12.0. The molecule has 0 bridgehead atoms. The van der Waals surface area contributed by atoms with Gasteiger partial charge in [-0.2, -0.15) is 0 Å². The highest BCUT2D eigenvalue weighted by Gasteiger charge is 2.30. The molecular formula is C24H17O2P2S+. The summed E-state index contributed by atoms with van der Waals surface area (Å²) in [5.41, 5.74) is 0. The van der Waals surface area contributed by atoms with Crippen molar-refractivity contribution in [1.82, 2.24) is 0 Å². The first-order valence-corrected chi connectivity index (χ1v) is 12.7. The van der Waals surface area contributed by atoms with Crippen LogP contribution in [0.5, 0.6) is 0 Å². The van der Waals surface area contributed by atoms with Crippen LogP contribution in [0.15, 0.2) is 97.1 Å². The number of thiophene rings is 1. The maximum Gasteiger partial charge on any atom is 0.363 e. The summed E-state index contributed by atoms with van der Waals surface area (Å²) < 4.78 is 28.3. The Hall–Kier alpha value is -2.57. The van der Waals surface area contributed by atoms with Gasteiger partial charge in [-0.25, -0.2) is 0 Å². The summed E-state index contributed by atoms with van der Waals surface area (Å²) in [6, 6.07) is 31.4. The fourth-order valence-corrected chi connectivity index (χ4v) is 7.84. The first kappa shape index (κ1) is 18.5. The van der Waals surface area contributed by atoms with Gasteiger partial charge < -0.3 is 4.57 Å². The number of hydrogen-bond donors (Lipinski definition) is 0. The monoisotopic (exact) mass is 431 g/mol. The van der Waals surface area contributed by atoms with Crippen LogP contribution < -0.4 is 21.2 Å². The van der Waals surface area contributed by atoms with E-state index >= 15 is 0 Å². The number of benzene rings is 4. The Balaban J connectivity index is 1.82. The highest BCUT2D eigenvalue weighted by Crippen LogP contribution is 2.44. The zero-order valence-corrected chi connectivity index (χ0v) is 18.1. The minimum Gasteiger partial charge on any atom is -0.309 e.